The minimum atomic E-state index is 0.513. The van der Waals surface area contributed by atoms with Crippen LogP contribution in [0.5, 0.6) is 0 Å². The number of hydrogen-bond donors (Lipinski definition) is 0. The molecule has 5 rings (SSSR count). The first-order chi connectivity index (χ1) is 16.3. The minimum Gasteiger partial charge on any atom is -0.0905 e. The van der Waals surface area contributed by atoms with Crippen LogP contribution in [0.1, 0.15) is 37.0 Å². The first-order valence-corrected chi connectivity index (χ1v) is 12.1. The lowest BCUT2D eigenvalue weighted by atomic mass is 9.82. The molecule has 1 atom stereocenters. The highest BCUT2D eigenvalue weighted by molar-refractivity contribution is 6.05. The molecule has 1 aliphatic rings. The molecule has 0 saturated carbocycles. The molecule has 34 heavy (non-hydrogen) atoms. The van der Waals surface area contributed by atoms with Crippen molar-refractivity contribution in [3.05, 3.63) is 112 Å². The predicted octanol–water partition coefficient (Wildman–Crippen LogP) is 7.98. The average Bonchev–Trinajstić information content (AvgIpc) is 2.79. The van der Waals surface area contributed by atoms with E-state index in [9.17, 15) is 0 Å². The van der Waals surface area contributed by atoms with Crippen molar-refractivity contribution < 1.29 is 0 Å². The second-order valence-electron chi connectivity index (χ2n) is 9.97. The lowest BCUT2D eigenvalue weighted by molar-refractivity contribution is 0.741. The Balaban J connectivity index is 1.90. The predicted molar refractivity (Wildman–Crippen MR) is 150 cm³/mol. The van der Waals surface area contributed by atoms with Crippen molar-refractivity contribution in [3.63, 3.8) is 0 Å². The summed E-state index contributed by atoms with van der Waals surface area (Å²) in [5, 5.41) is 4.58. The van der Waals surface area contributed by atoms with Crippen molar-refractivity contribution in [2.75, 3.05) is 0 Å². The van der Waals surface area contributed by atoms with Gasteiger partial charge in [-0.25, -0.2) is 0 Å². The standard InChI is InChI=1S/C34H32/c1-21-14-22(2)17-29(16-21)33-25(5)26(6)34(30-18-23(3)15-24(4)19-30)32-20-28(12-13-31(32)33)27-10-8-7-9-11-27/h7-18,20,24H,5-6,19H2,1-4H3. The summed E-state index contributed by atoms with van der Waals surface area (Å²) in [6.45, 7) is 18.0. The second-order valence-corrected chi connectivity index (χ2v) is 9.97. The molecule has 4 aromatic rings. The normalized spacial score (nSPS) is 15.8. The summed E-state index contributed by atoms with van der Waals surface area (Å²) < 4.78 is 0. The lowest BCUT2D eigenvalue weighted by Gasteiger charge is -2.22. The van der Waals surface area contributed by atoms with Crippen molar-refractivity contribution in [2.24, 2.45) is 5.92 Å². The Kier molecular flexibility index (Phi) is 5.62. The molecule has 0 nitrogen and oxygen atoms in total. The van der Waals surface area contributed by atoms with Crippen LogP contribution in [-0.2, 0) is 0 Å². The van der Waals surface area contributed by atoms with Gasteiger partial charge in [-0.2, -0.15) is 0 Å². The molecular weight excluding hydrogens is 408 g/mol. The number of aryl methyl sites for hydroxylation is 2. The summed E-state index contributed by atoms with van der Waals surface area (Å²) in [6, 6.07) is 24.3. The molecule has 1 unspecified atom stereocenters. The number of benzene rings is 4. The van der Waals surface area contributed by atoms with Crippen LogP contribution in [-0.4, -0.2) is 0 Å². The zero-order valence-electron chi connectivity index (χ0n) is 20.7. The smallest absolute Gasteiger partial charge is 0.00323 e. The van der Waals surface area contributed by atoms with Gasteiger partial charge in [0.2, 0.25) is 0 Å². The van der Waals surface area contributed by atoms with E-state index in [4.69, 9.17) is 0 Å². The SMILES string of the molecule is C=c1c(C2=CC(C)=CC(C)C2)c2cc(-c3ccccc3)ccc2c(-c2cc(C)cc(C)c2)c1=C. The fourth-order valence-corrected chi connectivity index (χ4v) is 5.63. The van der Waals surface area contributed by atoms with Gasteiger partial charge >= 0.3 is 0 Å². The Morgan fingerprint density at radius 3 is 2.03 bits per heavy atom. The van der Waals surface area contributed by atoms with E-state index in [1.165, 1.54) is 60.9 Å². The Bertz CT molecular complexity index is 1560. The number of hydrogen-bond acceptors (Lipinski definition) is 0. The van der Waals surface area contributed by atoms with Crippen molar-refractivity contribution in [1.82, 2.24) is 0 Å². The second kappa shape index (κ2) is 8.61. The first-order valence-electron chi connectivity index (χ1n) is 12.1. The molecular formula is C34H32. The van der Waals surface area contributed by atoms with Crippen LogP contribution in [0.3, 0.4) is 0 Å². The van der Waals surface area contributed by atoms with E-state index in [2.05, 4.69) is 120 Å². The van der Waals surface area contributed by atoms with Crippen molar-refractivity contribution in [1.29, 1.82) is 0 Å². The topological polar surface area (TPSA) is 0 Å². The molecule has 0 heterocycles. The van der Waals surface area contributed by atoms with Gasteiger partial charge in [0.25, 0.3) is 0 Å². The third-order valence-corrected chi connectivity index (χ3v) is 6.96. The van der Waals surface area contributed by atoms with Gasteiger partial charge in [0.15, 0.2) is 0 Å². The van der Waals surface area contributed by atoms with Crippen LogP contribution < -0.4 is 10.4 Å². The molecule has 0 saturated heterocycles. The van der Waals surface area contributed by atoms with Crippen LogP contribution in [0.4, 0.5) is 0 Å². The average molecular weight is 441 g/mol. The number of allylic oxidation sites excluding steroid dienone is 4. The third kappa shape index (κ3) is 3.94. The molecule has 0 fully saturated rings. The van der Waals surface area contributed by atoms with Crippen LogP contribution in [0.25, 0.3) is 51.8 Å². The summed E-state index contributed by atoms with van der Waals surface area (Å²) in [4.78, 5) is 0. The van der Waals surface area contributed by atoms with Crippen molar-refractivity contribution in [3.8, 4) is 22.3 Å². The molecule has 0 heteroatoms. The molecule has 0 radical (unpaired) electrons. The maximum Gasteiger partial charge on any atom is -0.00323 e. The molecule has 0 bridgehead atoms. The van der Waals surface area contributed by atoms with Gasteiger partial charge in [-0.05, 0) is 93.8 Å². The maximum atomic E-state index is 4.61. The van der Waals surface area contributed by atoms with Gasteiger partial charge in [-0.1, -0.05) is 110 Å². The van der Waals surface area contributed by atoms with E-state index >= 15 is 0 Å². The summed E-state index contributed by atoms with van der Waals surface area (Å²) in [5.74, 6) is 0.513. The summed E-state index contributed by atoms with van der Waals surface area (Å²) in [6.07, 6.45) is 5.72. The van der Waals surface area contributed by atoms with Crippen LogP contribution in [0, 0.1) is 19.8 Å². The van der Waals surface area contributed by atoms with E-state index in [0.717, 1.165) is 16.9 Å². The fraction of sp³-hybridized carbons (Fsp3) is 0.176. The molecule has 0 aromatic heterocycles. The molecule has 0 amide bonds. The number of fused-ring (bicyclic) bond motifs is 1. The Morgan fingerprint density at radius 1 is 0.676 bits per heavy atom. The van der Waals surface area contributed by atoms with Gasteiger partial charge in [0.1, 0.15) is 0 Å². The molecule has 0 spiro atoms. The highest BCUT2D eigenvalue weighted by Crippen LogP contribution is 2.36. The summed E-state index contributed by atoms with van der Waals surface area (Å²) in [5.41, 5.74) is 11.4. The lowest BCUT2D eigenvalue weighted by Crippen LogP contribution is -2.29. The van der Waals surface area contributed by atoms with E-state index in [1.807, 2.05) is 0 Å². The van der Waals surface area contributed by atoms with E-state index in [0.29, 0.717) is 5.92 Å². The highest BCUT2D eigenvalue weighted by atomic mass is 14.2. The van der Waals surface area contributed by atoms with Gasteiger partial charge < -0.3 is 0 Å². The highest BCUT2D eigenvalue weighted by Gasteiger charge is 2.19. The van der Waals surface area contributed by atoms with E-state index in [1.54, 1.807) is 0 Å². The van der Waals surface area contributed by atoms with Gasteiger partial charge in [0.05, 0.1) is 0 Å². The Morgan fingerprint density at radius 2 is 1.35 bits per heavy atom. The zero-order chi connectivity index (χ0) is 24.0. The van der Waals surface area contributed by atoms with E-state index in [-0.39, 0.29) is 0 Å². The Labute approximate surface area is 203 Å². The monoisotopic (exact) mass is 440 g/mol. The van der Waals surface area contributed by atoms with Gasteiger partial charge in [-0.3, -0.25) is 0 Å². The van der Waals surface area contributed by atoms with Crippen LogP contribution in [0.15, 0.2) is 84.5 Å². The summed E-state index contributed by atoms with van der Waals surface area (Å²) in [7, 11) is 0. The first kappa shape index (κ1) is 22.2. The largest absolute Gasteiger partial charge is 0.0905 e. The molecule has 0 aliphatic heterocycles. The molecule has 168 valence electrons. The third-order valence-electron chi connectivity index (χ3n) is 6.96. The van der Waals surface area contributed by atoms with Crippen molar-refractivity contribution >= 4 is 29.5 Å². The molecule has 1 aliphatic carbocycles. The van der Waals surface area contributed by atoms with Crippen molar-refractivity contribution in [2.45, 2.75) is 34.1 Å². The van der Waals surface area contributed by atoms with Gasteiger partial charge in [-0.15, -0.1) is 0 Å². The van der Waals surface area contributed by atoms with Gasteiger partial charge in [0, 0.05) is 0 Å². The number of rotatable bonds is 3. The van der Waals surface area contributed by atoms with Crippen LogP contribution >= 0.6 is 0 Å². The fourth-order valence-electron chi connectivity index (χ4n) is 5.63. The maximum absolute atomic E-state index is 4.61. The van der Waals surface area contributed by atoms with E-state index < -0.39 is 0 Å². The summed E-state index contributed by atoms with van der Waals surface area (Å²) >= 11 is 0. The molecule has 0 N–H and O–H groups in total. The quantitative estimate of drug-likeness (QED) is 0.303. The minimum absolute atomic E-state index is 0.513. The Hall–Kier alpha value is -3.64. The van der Waals surface area contributed by atoms with Crippen LogP contribution in [0.2, 0.25) is 0 Å². The zero-order valence-corrected chi connectivity index (χ0v) is 20.7. The molecule has 4 aromatic carbocycles.